The molecule has 0 radical (unpaired) electrons. The van der Waals surface area contributed by atoms with Crippen LogP contribution in [-0.2, 0) is 14.3 Å². The molecule has 8 nitrogen and oxygen atoms in total. The number of hydrogen-bond acceptors (Lipinski definition) is 6. The van der Waals surface area contributed by atoms with Gasteiger partial charge in [-0.05, 0) is 13.8 Å². The Morgan fingerprint density at radius 3 is 2.50 bits per heavy atom. The second kappa shape index (κ2) is 7.64. The van der Waals surface area contributed by atoms with E-state index in [-0.39, 0.29) is 29.0 Å². The van der Waals surface area contributed by atoms with Crippen molar-refractivity contribution in [1.29, 1.82) is 0 Å². The average Bonchev–Trinajstić information content (AvgIpc) is 2.58. The van der Waals surface area contributed by atoms with Gasteiger partial charge < -0.3 is 15.8 Å². The molecular formula is C18H19N3O5. The average molecular weight is 357 g/mol. The van der Waals surface area contributed by atoms with Gasteiger partial charge in [0.25, 0.3) is 5.69 Å². The highest BCUT2D eigenvalue weighted by atomic mass is 16.6. The highest BCUT2D eigenvalue weighted by Crippen LogP contribution is 2.41. The second-order valence-electron chi connectivity index (χ2n) is 5.70. The number of amides is 1. The number of para-hydroxylation sites is 1. The molecule has 0 bridgehead atoms. The van der Waals surface area contributed by atoms with E-state index in [0.29, 0.717) is 11.4 Å². The van der Waals surface area contributed by atoms with Crippen molar-refractivity contribution in [2.45, 2.75) is 19.8 Å². The smallest absolute Gasteiger partial charge is 0.337 e. The van der Waals surface area contributed by atoms with Gasteiger partial charge in [0, 0.05) is 28.6 Å². The fraction of sp³-hybridized carbons (Fsp3) is 0.222. The minimum Gasteiger partial charge on any atom is -0.458 e. The summed E-state index contributed by atoms with van der Waals surface area (Å²) in [6.45, 7) is 6.71. The van der Waals surface area contributed by atoms with Crippen molar-refractivity contribution < 1.29 is 19.2 Å². The summed E-state index contributed by atoms with van der Waals surface area (Å²) in [5.41, 5.74) is 6.54. The van der Waals surface area contributed by atoms with Gasteiger partial charge in [-0.3, -0.25) is 14.9 Å². The predicted molar refractivity (Wildman–Crippen MR) is 94.7 cm³/mol. The van der Waals surface area contributed by atoms with Gasteiger partial charge in [0.05, 0.1) is 16.4 Å². The number of rotatable bonds is 6. The number of esters is 1. The van der Waals surface area contributed by atoms with Gasteiger partial charge in [-0.1, -0.05) is 30.9 Å². The van der Waals surface area contributed by atoms with E-state index in [4.69, 9.17) is 10.5 Å². The lowest BCUT2D eigenvalue weighted by Gasteiger charge is -2.29. The number of nitro groups is 1. The van der Waals surface area contributed by atoms with Gasteiger partial charge in [0.1, 0.15) is 6.61 Å². The molecule has 0 saturated heterocycles. The van der Waals surface area contributed by atoms with Gasteiger partial charge in [0.2, 0.25) is 5.91 Å². The van der Waals surface area contributed by atoms with E-state index in [1.807, 2.05) is 0 Å². The minimum atomic E-state index is -1.01. The molecule has 0 aliphatic carbocycles. The zero-order valence-corrected chi connectivity index (χ0v) is 14.4. The molecule has 1 amide bonds. The molecular weight excluding hydrogens is 338 g/mol. The molecule has 1 atom stereocenters. The van der Waals surface area contributed by atoms with E-state index >= 15 is 0 Å². The monoisotopic (exact) mass is 357 g/mol. The molecule has 3 N–H and O–H groups in total. The second-order valence-corrected chi connectivity index (χ2v) is 5.70. The summed E-state index contributed by atoms with van der Waals surface area (Å²) in [6.07, 6.45) is 1.40. The number of dihydropyridines is 1. The molecule has 1 heterocycles. The van der Waals surface area contributed by atoms with Crippen LogP contribution in [0, 0.1) is 10.1 Å². The molecule has 0 saturated carbocycles. The summed E-state index contributed by atoms with van der Waals surface area (Å²) < 4.78 is 5.12. The molecule has 8 heteroatoms. The van der Waals surface area contributed by atoms with Crippen LogP contribution in [0.4, 0.5) is 5.69 Å². The molecule has 0 spiro atoms. The maximum Gasteiger partial charge on any atom is 0.337 e. The summed E-state index contributed by atoms with van der Waals surface area (Å²) >= 11 is 0. The molecule has 1 unspecified atom stereocenters. The van der Waals surface area contributed by atoms with Crippen LogP contribution < -0.4 is 11.1 Å². The Labute approximate surface area is 150 Å². The Morgan fingerprint density at radius 2 is 1.92 bits per heavy atom. The first kappa shape index (κ1) is 18.9. The molecule has 0 aromatic heterocycles. The number of hydrogen-bond donors (Lipinski definition) is 2. The number of nitrogens with two attached hydrogens (primary N) is 1. The van der Waals surface area contributed by atoms with Crippen molar-refractivity contribution in [3.05, 3.63) is 75.1 Å². The summed E-state index contributed by atoms with van der Waals surface area (Å²) in [7, 11) is 0. The van der Waals surface area contributed by atoms with Crippen LogP contribution in [0.25, 0.3) is 0 Å². The number of carbonyl (C=O) groups excluding carboxylic acids is 2. The summed E-state index contributed by atoms with van der Waals surface area (Å²) in [4.78, 5) is 35.6. The molecule has 1 aliphatic heterocycles. The number of benzene rings is 1. The quantitative estimate of drug-likeness (QED) is 0.347. The molecule has 1 aromatic rings. The third-order valence-corrected chi connectivity index (χ3v) is 4.02. The summed E-state index contributed by atoms with van der Waals surface area (Å²) in [6, 6.07) is 5.92. The lowest BCUT2D eigenvalue weighted by molar-refractivity contribution is -0.385. The SMILES string of the molecule is C=CCOC(=O)C1=C(C)NC(C)=C(C(N)=O)C1c1ccccc1[N+](=O)[O-]. The standard InChI is InChI=1S/C18H19N3O5/c1-4-9-26-18(23)15-11(3)20-10(2)14(17(19)22)16(15)12-7-5-6-8-13(12)21(24)25/h4-8,16,20H,1,9H2,2-3H3,(H2,19,22). The van der Waals surface area contributed by atoms with E-state index < -0.39 is 22.7 Å². The Bertz CT molecular complexity index is 854. The third kappa shape index (κ3) is 3.49. The number of nitrogens with zero attached hydrogens (tertiary/aromatic N) is 1. The van der Waals surface area contributed by atoms with Gasteiger partial charge in [-0.25, -0.2) is 4.79 Å². The van der Waals surface area contributed by atoms with Crippen molar-refractivity contribution in [2.75, 3.05) is 6.61 Å². The van der Waals surface area contributed by atoms with E-state index in [1.165, 1.54) is 24.3 Å². The number of nitro benzene ring substituents is 1. The fourth-order valence-electron chi connectivity index (χ4n) is 3.01. The first-order valence-electron chi connectivity index (χ1n) is 7.79. The molecule has 2 rings (SSSR count). The van der Waals surface area contributed by atoms with Crippen LogP contribution in [0.3, 0.4) is 0 Å². The highest BCUT2D eigenvalue weighted by Gasteiger charge is 2.39. The number of primary amides is 1. The molecule has 1 aromatic carbocycles. The van der Waals surface area contributed by atoms with Crippen LogP contribution in [0.1, 0.15) is 25.3 Å². The van der Waals surface area contributed by atoms with Crippen molar-refractivity contribution in [2.24, 2.45) is 5.73 Å². The number of carbonyl (C=O) groups is 2. The number of ether oxygens (including phenoxy) is 1. The zero-order valence-electron chi connectivity index (χ0n) is 14.4. The molecule has 0 fully saturated rings. The number of allylic oxidation sites excluding steroid dienone is 2. The topological polar surface area (TPSA) is 125 Å². The van der Waals surface area contributed by atoms with Gasteiger partial charge in [-0.2, -0.15) is 0 Å². The zero-order chi connectivity index (χ0) is 19.4. The lowest BCUT2D eigenvalue weighted by atomic mass is 9.79. The van der Waals surface area contributed by atoms with Crippen LogP contribution in [0.2, 0.25) is 0 Å². The van der Waals surface area contributed by atoms with E-state index in [9.17, 15) is 19.7 Å². The van der Waals surface area contributed by atoms with Gasteiger partial charge in [-0.15, -0.1) is 0 Å². The van der Waals surface area contributed by atoms with Crippen LogP contribution in [-0.4, -0.2) is 23.4 Å². The minimum absolute atomic E-state index is 0.0339. The van der Waals surface area contributed by atoms with Crippen LogP contribution in [0.5, 0.6) is 0 Å². The lowest BCUT2D eigenvalue weighted by Crippen LogP contribution is -2.34. The number of nitrogens with one attached hydrogen (secondary N) is 1. The normalized spacial score (nSPS) is 16.8. The van der Waals surface area contributed by atoms with Crippen molar-refractivity contribution >= 4 is 17.6 Å². The van der Waals surface area contributed by atoms with Crippen LogP contribution in [0.15, 0.2) is 59.5 Å². The summed E-state index contributed by atoms with van der Waals surface area (Å²) in [5, 5.41) is 14.4. The first-order chi connectivity index (χ1) is 12.3. The largest absolute Gasteiger partial charge is 0.458 e. The maximum absolute atomic E-state index is 12.6. The Balaban J connectivity index is 2.73. The highest BCUT2D eigenvalue weighted by molar-refractivity contribution is 6.01. The van der Waals surface area contributed by atoms with Crippen molar-refractivity contribution in [1.82, 2.24) is 5.32 Å². The van der Waals surface area contributed by atoms with Crippen LogP contribution >= 0.6 is 0 Å². The fourth-order valence-corrected chi connectivity index (χ4v) is 3.01. The Morgan fingerprint density at radius 1 is 1.31 bits per heavy atom. The van der Waals surface area contributed by atoms with Gasteiger partial charge >= 0.3 is 5.97 Å². The first-order valence-corrected chi connectivity index (χ1v) is 7.79. The third-order valence-electron chi connectivity index (χ3n) is 4.02. The Kier molecular flexibility index (Phi) is 5.56. The summed E-state index contributed by atoms with van der Waals surface area (Å²) in [5.74, 6) is -2.49. The van der Waals surface area contributed by atoms with Gasteiger partial charge in [0.15, 0.2) is 0 Å². The van der Waals surface area contributed by atoms with E-state index in [2.05, 4.69) is 11.9 Å². The predicted octanol–water partition coefficient (Wildman–Crippen LogP) is 2.04. The van der Waals surface area contributed by atoms with Crippen molar-refractivity contribution in [3.8, 4) is 0 Å². The molecule has 26 heavy (non-hydrogen) atoms. The van der Waals surface area contributed by atoms with E-state index in [1.54, 1.807) is 19.9 Å². The molecule has 136 valence electrons. The molecule has 1 aliphatic rings. The van der Waals surface area contributed by atoms with E-state index in [0.717, 1.165) is 0 Å². The van der Waals surface area contributed by atoms with Crippen molar-refractivity contribution in [3.63, 3.8) is 0 Å². The Hall–Kier alpha value is -3.42. The maximum atomic E-state index is 12.6.